The molecule has 1 N–H and O–H groups in total. The van der Waals surface area contributed by atoms with E-state index in [1.165, 1.54) is 12.8 Å². The van der Waals surface area contributed by atoms with E-state index in [0.29, 0.717) is 11.3 Å². The molecule has 2 bridgehead atoms. The van der Waals surface area contributed by atoms with Gasteiger partial charge in [0.2, 0.25) is 0 Å². The molecule has 3 rings (SSSR count). The molecule has 1 aliphatic heterocycles. The zero-order chi connectivity index (χ0) is 13.8. The highest BCUT2D eigenvalue weighted by Crippen LogP contribution is 2.66. The number of hydrogen-bond acceptors (Lipinski definition) is 3. The SMILES string of the molecule is C[C@@H]1CNC[C@H]1C(=O)OC1CC2CCC1(C)C2(C)C. The Morgan fingerprint density at radius 2 is 2.00 bits per heavy atom. The molecule has 0 aromatic carbocycles. The number of carbonyl (C=O) groups excluding carboxylic acids is 1. The van der Waals surface area contributed by atoms with Crippen LogP contribution in [0.1, 0.15) is 47.0 Å². The molecule has 3 fully saturated rings. The predicted octanol–water partition coefficient (Wildman–Crippen LogP) is 2.60. The van der Waals surface area contributed by atoms with Crippen molar-refractivity contribution in [1.82, 2.24) is 5.32 Å². The van der Waals surface area contributed by atoms with Crippen LogP contribution in [0, 0.1) is 28.6 Å². The maximum absolute atomic E-state index is 12.4. The molecule has 0 aromatic rings. The fraction of sp³-hybridized carbons (Fsp3) is 0.938. The molecule has 2 saturated carbocycles. The van der Waals surface area contributed by atoms with Crippen LogP contribution in [0.25, 0.3) is 0 Å². The van der Waals surface area contributed by atoms with Crippen LogP contribution in [0.2, 0.25) is 0 Å². The molecule has 0 amide bonds. The topological polar surface area (TPSA) is 38.3 Å². The number of carbonyl (C=O) groups is 1. The molecule has 0 spiro atoms. The summed E-state index contributed by atoms with van der Waals surface area (Å²) < 4.78 is 5.96. The summed E-state index contributed by atoms with van der Waals surface area (Å²) in [5.74, 6) is 1.24. The first-order valence-electron chi connectivity index (χ1n) is 7.77. The number of fused-ring (bicyclic) bond motifs is 2. The number of ether oxygens (including phenoxy) is 1. The zero-order valence-corrected chi connectivity index (χ0v) is 12.7. The van der Waals surface area contributed by atoms with Crippen molar-refractivity contribution in [1.29, 1.82) is 0 Å². The summed E-state index contributed by atoms with van der Waals surface area (Å²) in [5.41, 5.74) is 0.500. The van der Waals surface area contributed by atoms with Crippen LogP contribution in [0.5, 0.6) is 0 Å². The fourth-order valence-electron chi connectivity index (χ4n) is 4.66. The molecule has 1 heterocycles. The summed E-state index contributed by atoms with van der Waals surface area (Å²) in [5, 5.41) is 3.29. The van der Waals surface area contributed by atoms with Crippen LogP contribution in [-0.2, 0) is 9.53 Å². The lowest BCUT2D eigenvalue weighted by molar-refractivity contribution is -0.162. The Bertz CT molecular complexity index is 392. The van der Waals surface area contributed by atoms with Gasteiger partial charge in [-0.1, -0.05) is 27.7 Å². The van der Waals surface area contributed by atoms with Gasteiger partial charge < -0.3 is 10.1 Å². The van der Waals surface area contributed by atoms with Crippen LogP contribution in [0.15, 0.2) is 0 Å². The smallest absolute Gasteiger partial charge is 0.310 e. The molecular formula is C16H27NO2. The minimum atomic E-state index is 0.0343. The van der Waals surface area contributed by atoms with E-state index in [4.69, 9.17) is 4.74 Å². The molecule has 5 atom stereocenters. The molecule has 3 nitrogen and oxygen atoms in total. The van der Waals surface area contributed by atoms with Crippen molar-refractivity contribution in [2.75, 3.05) is 13.1 Å². The fourth-order valence-corrected chi connectivity index (χ4v) is 4.66. The van der Waals surface area contributed by atoms with E-state index in [1.54, 1.807) is 0 Å². The Labute approximate surface area is 116 Å². The van der Waals surface area contributed by atoms with Crippen molar-refractivity contribution >= 4 is 5.97 Å². The molecule has 108 valence electrons. The molecular weight excluding hydrogens is 238 g/mol. The molecule has 1 saturated heterocycles. The maximum atomic E-state index is 12.4. The van der Waals surface area contributed by atoms with Gasteiger partial charge in [0.25, 0.3) is 0 Å². The van der Waals surface area contributed by atoms with Gasteiger partial charge >= 0.3 is 5.97 Å². The largest absolute Gasteiger partial charge is 0.462 e. The predicted molar refractivity (Wildman–Crippen MR) is 74.6 cm³/mol. The summed E-state index contributed by atoms with van der Waals surface area (Å²) in [6.07, 6.45) is 3.73. The zero-order valence-electron chi connectivity index (χ0n) is 12.7. The normalized spacial score (nSPS) is 47.6. The minimum absolute atomic E-state index is 0.0343. The van der Waals surface area contributed by atoms with Crippen molar-refractivity contribution in [3.8, 4) is 0 Å². The van der Waals surface area contributed by atoms with E-state index < -0.39 is 0 Å². The summed E-state index contributed by atoms with van der Waals surface area (Å²) in [6, 6.07) is 0. The third-order valence-corrected chi connectivity index (χ3v) is 6.79. The second kappa shape index (κ2) is 4.21. The van der Waals surface area contributed by atoms with E-state index in [2.05, 4.69) is 33.0 Å². The van der Waals surface area contributed by atoms with Crippen LogP contribution in [0.3, 0.4) is 0 Å². The highest BCUT2D eigenvalue weighted by atomic mass is 16.5. The maximum Gasteiger partial charge on any atom is 0.310 e. The van der Waals surface area contributed by atoms with Crippen LogP contribution in [0.4, 0.5) is 0 Å². The second-order valence-corrected chi connectivity index (χ2v) is 7.78. The van der Waals surface area contributed by atoms with Crippen molar-refractivity contribution in [3.63, 3.8) is 0 Å². The van der Waals surface area contributed by atoms with Gasteiger partial charge in [-0.15, -0.1) is 0 Å². The molecule has 2 aliphatic carbocycles. The lowest BCUT2D eigenvalue weighted by atomic mass is 9.70. The lowest BCUT2D eigenvalue weighted by Gasteiger charge is -2.38. The first-order chi connectivity index (χ1) is 8.86. The van der Waals surface area contributed by atoms with Crippen molar-refractivity contribution in [3.05, 3.63) is 0 Å². The third-order valence-electron chi connectivity index (χ3n) is 6.79. The van der Waals surface area contributed by atoms with Gasteiger partial charge in [-0.05, 0) is 43.1 Å². The molecule has 0 radical (unpaired) electrons. The second-order valence-electron chi connectivity index (χ2n) is 7.78. The number of hydrogen-bond donors (Lipinski definition) is 1. The third kappa shape index (κ3) is 1.77. The van der Waals surface area contributed by atoms with Crippen LogP contribution in [-0.4, -0.2) is 25.2 Å². The van der Waals surface area contributed by atoms with Crippen LogP contribution >= 0.6 is 0 Å². The van der Waals surface area contributed by atoms with Gasteiger partial charge in [-0.2, -0.15) is 0 Å². The molecule has 3 heteroatoms. The summed E-state index contributed by atoms with van der Waals surface area (Å²) >= 11 is 0. The van der Waals surface area contributed by atoms with E-state index >= 15 is 0 Å². The molecule has 0 aromatic heterocycles. The number of nitrogens with one attached hydrogen (secondary N) is 1. The van der Waals surface area contributed by atoms with Crippen molar-refractivity contribution in [2.45, 2.75) is 53.1 Å². The molecule has 3 unspecified atom stereocenters. The summed E-state index contributed by atoms with van der Waals surface area (Å²) in [6.45, 7) is 10.9. The first-order valence-corrected chi connectivity index (χ1v) is 7.77. The van der Waals surface area contributed by atoms with Gasteiger partial charge in [0.1, 0.15) is 6.10 Å². The Balaban J connectivity index is 1.70. The standard InChI is InChI=1S/C16H27NO2/c1-10-8-17-9-12(10)14(18)19-13-7-11-5-6-16(13,4)15(11,2)3/h10-13,17H,5-9H2,1-4H3/t10-,11?,12-,13?,16?/m1/s1. The van der Waals surface area contributed by atoms with Gasteiger partial charge in [0, 0.05) is 12.0 Å². The van der Waals surface area contributed by atoms with E-state index in [0.717, 1.165) is 25.4 Å². The average molecular weight is 265 g/mol. The van der Waals surface area contributed by atoms with E-state index in [1.807, 2.05) is 0 Å². The molecule has 19 heavy (non-hydrogen) atoms. The van der Waals surface area contributed by atoms with Gasteiger partial charge in [0.05, 0.1) is 5.92 Å². The van der Waals surface area contributed by atoms with Crippen LogP contribution < -0.4 is 5.32 Å². The van der Waals surface area contributed by atoms with Crippen molar-refractivity contribution in [2.24, 2.45) is 28.6 Å². The summed E-state index contributed by atoms with van der Waals surface area (Å²) in [7, 11) is 0. The van der Waals surface area contributed by atoms with Gasteiger partial charge in [-0.3, -0.25) is 4.79 Å². The molecule has 3 aliphatic rings. The Morgan fingerprint density at radius 1 is 1.26 bits per heavy atom. The quantitative estimate of drug-likeness (QED) is 0.780. The number of esters is 1. The van der Waals surface area contributed by atoms with E-state index in [9.17, 15) is 4.79 Å². The number of rotatable bonds is 2. The van der Waals surface area contributed by atoms with Crippen molar-refractivity contribution < 1.29 is 9.53 Å². The highest BCUT2D eigenvalue weighted by molar-refractivity contribution is 5.73. The van der Waals surface area contributed by atoms with Gasteiger partial charge in [-0.25, -0.2) is 0 Å². The Morgan fingerprint density at radius 3 is 2.47 bits per heavy atom. The van der Waals surface area contributed by atoms with Gasteiger partial charge in [0.15, 0.2) is 0 Å². The average Bonchev–Trinajstić information content (AvgIpc) is 2.90. The highest BCUT2D eigenvalue weighted by Gasteiger charge is 2.63. The summed E-state index contributed by atoms with van der Waals surface area (Å²) in [4.78, 5) is 12.4. The Hall–Kier alpha value is -0.570. The minimum Gasteiger partial charge on any atom is -0.462 e. The monoisotopic (exact) mass is 265 g/mol. The van der Waals surface area contributed by atoms with E-state index in [-0.39, 0.29) is 23.4 Å². The lowest BCUT2D eigenvalue weighted by Crippen LogP contribution is -2.40. The Kier molecular flexibility index (Phi) is 2.97. The first kappa shape index (κ1) is 13.4.